The van der Waals surface area contributed by atoms with E-state index in [1.807, 2.05) is 0 Å². The van der Waals surface area contributed by atoms with E-state index in [9.17, 15) is 4.39 Å². The minimum absolute atomic E-state index is 0.478. The van der Waals surface area contributed by atoms with E-state index in [4.69, 9.17) is 0 Å². The molecule has 0 atom stereocenters. The summed E-state index contributed by atoms with van der Waals surface area (Å²) < 4.78 is 17.3. The van der Waals surface area contributed by atoms with Crippen LogP contribution in [0.2, 0.25) is 0 Å². The van der Waals surface area contributed by atoms with Crippen LogP contribution in [0.3, 0.4) is 0 Å². The predicted molar refractivity (Wildman–Crippen MR) is 93.8 cm³/mol. The van der Waals surface area contributed by atoms with Crippen molar-refractivity contribution in [2.75, 3.05) is 31.1 Å². The third-order valence-electron chi connectivity index (χ3n) is 5.04. The molecule has 2 aromatic rings. The minimum atomic E-state index is -0.478. The van der Waals surface area contributed by atoms with Crippen LogP contribution in [0.1, 0.15) is 32.1 Å². The van der Waals surface area contributed by atoms with Gasteiger partial charge in [0.15, 0.2) is 5.82 Å². The summed E-state index contributed by atoms with van der Waals surface area (Å²) in [5, 5.41) is 0.964. The number of rotatable bonds is 3. The Bertz CT molecular complexity index is 660. The molecule has 0 amide bonds. The van der Waals surface area contributed by atoms with Crippen molar-refractivity contribution in [3.8, 4) is 11.4 Å². The van der Waals surface area contributed by atoms with Crippen LogP contribution in [0.25, 0.3) is 11.4 Å². The first kappa shape index (κ1) is 15.9. The van der Waals surface area contributed by atoms with Crippen molar-refractivity contribution in [3.63, 3.8) is 0 Å². The van der Waals surface area contributed by atoms with Gasteiger partial charge >= 0.3 is 0 Å². The van der Waals surface area contributed by atoms with Crippen LogP contribution in [0, 0.1) is 5.95 Å². The lowest BCUT2D eigenvalue weighted by atomic mass is 10.0. The zero-order valence-corrected chi connectivity index (χ0v) is 14.5. The summed E-state index contributed by atoms with van der Waals surface area (Å²) in [4.78, 5) is 13.3. The highest BCUT2D eigenvalue weighted by molar-refractivity contribution is 7.09. The smallest absolute Gasteiger partial charge is 0.212 e. The Morgan fingerprint density at radius 2 is 1.83 bits per heavy atom. The molecule has 4 rings (SSSR count). The first-order valence-electron chi connectivity index (χ1n) is 8.74. The maximum Gasteiger partial charge on any atom is 0.212 e. The largest absolute Gasteiger partial charge is 0.347 e. The van der Waals surface area contributed by atoms with Crippen molar-refractivity contribution in [1.29, 1.82) is 0 Å². The van der Waals surface area contributed by atoms with E-state index in [1.54, 1.807) is 6.07 Å². The third kappa shape index (κ3) is 3.42. The Balaban J connectivity index is 1.38. The molecule has 0 radical (unpaired) electrons. The number of hydrogen-bond donors (Lipinski definition) is 0. The Hall–Kier alpha value is -1.60. The second kappa shape index (κ2) is 7.11. The highest BCUT2D eigenvalue weighted by atomic mass is 32.1. The van der Waals surface area contributed by atoms with Crippen LogP contribution in [0.4, 0.5) is 9.52 Å². The van der Waals surface area contributed by atoms with Crippen LogP contribution in [-0.2, 0) is 0 Å². The lowest BCUT2D eigenvalue weighted by molar-refractivity contribution is 0.141. The molecule has 5 nitrogen and oxygen atoms in total. The van der Waals surface area contributed by atoms with E-state index >= 15 is 0 Å². The maximum absolute atomic E-state index is 12.9. The normalized spacial score (nSPS) is 20.5. The fourth-order valence-corrected chi connectivity index (χ4v) is 4.41. The van der Waals surface area contributed by atoms with Crippen molar-refractivity contribution in [2.24, 2.45) is 0 Å². The quantitative estimate of drug-likeness (QED) is 0.798. The predicted octanol–water partition coefficient (Wildman–Crippen LogP) is 3.19. The summed E-state index contributed by atoms with van der Waals surface area (Å²) in [7, 11) is 0. The topological polar surface area (TPSA) is 45.2 Å². The van der Waals surface area contributed by atoms with E-state index in [2.05, 4.69) is 24.1 Å². The summed E-state index contributed by atoms with van der Waals surface area (Å²) in [6.07, 6.45) is 7.99. The molecule has 0 saturated carbocycles. The Kier molecular flexibility index (Phi) is 4.71. The minimum Gasteiger partial charge on any atom is -0.347 e. The molecular weight excluding hydrogens is 325 g/mol. The molecule has 2 fully saturated rings. The van der Waals surface area contributed by atoms with Crippen molar-refractivity contribution in [2.45, 2.75) is 38.1 Å². The summed E-state index contributed by atoms with van der Waals surface area (Å²) in [6.45, 7) is 4.62. The van der Waals surface area contributed by atoms with Gasteiger partial charge < -0.3 is 9.80 Å². The molecule has 2 aliphatic heterocycles. The number of aromatic nitrogens is 3. The lowest BCUT2D eigenvalue weighted by Crippen LogP contribution is -2.46. The van der Waals surface area contributed by atoms with Gasteiger partial charge in [0, 0.05) is 42.4 Å². The molecule has 0 N–H and O–H groups in total. The average Bonchev–Trinajstić information content (AvgIpc) is 3.13. The van der Waals surface area contributed by atoms with Gasteiger partial charge in [-0.1, -0.05) is 6.42 Å². The second-order valence-corrected chi connectivity index (χ2v) is 7.32. The van der Waals surface area contributed by atoms with Gasteiger partial charge in [0.25, 0.3) is 0 Å². The number of pyridine rings is 1. The van der Waals surface area contributed by atoms with E-state index in [0.29, 0.717) is 5.82 Å². The van der Waals surface area contributed by atoms with Gasteiger partial charge in [-0.2, -0.15) is 13.7 Å². The molecule has 0 bridgehead atoms. The SMILES string of the molecule is Fc1ccc(-c2nsc(N3CCC(N4CCCCC4)CC3)n2)cn1. The fourth-order valence-electron chi connectivity index (χ4n) is 3.68. The molecule has 0 unspecified atom stereocenters. The summed E-state index contributed by atoms with van der Waals surface area (Å²) in [5.74, 6) is 0.162. The Morgan fingerprint density at radius 3 is 2.54 bits per heavy atom. The average molecular weight is 347 g/mol. The molecular formula is C17H22FN5S. The van der Waals surface area contributed by atoms with Crippen molar-refractivity contribution >= 4 is 16.7 Å². The van der Waals surface area contributed by atoms with Gasteiger partial charge in [0.05, 0.1) is 0 Å². The number of anilines is 1. The van der Waals surface area contributed by atoms with Crippen LogP contribution >= 0.6 is 11.5 Å². The molecule has 4 heterocycles. The van der Waals surface area contributed by atoms with E-state index in [0.717, 1.165) is 29.8 Å². The first-order valence-corrected chi connectivity index (χ1v) is 9.51. The first-order chi connectivity index (χ1) is 11.8. The van der Waals surface area contributed by atoms with Gasteiger partial charge in [0.1, 0.15) is 0 Å². The number of piperidine rings is 2. The van der Waals surface area contributed by atoms with Gasteiger partial charge in [-0.15, -0.1) is 0 Å². The molecule has 2 saturated heterocycles. The van der Waals surface area contributed by atoms with Crippen LogP contribution in [0.5, 0.6) is 0 Å². The molecule has 24 heavy (non-hydrogen) atoms. The third-order valence-corrected chi connectivity index (χ3v) is 5.82. The summed E-state index contributed by atoms with van der Waals surface area (Å²) in [5.41, 5.74) is 0.766. The van der Waals surface area contributed by atoms with E-state index < -0.39 is 5.95 Å². The summed E-state index contributed by atoms with van der Waals surface area (Å²) in [6, 6.07) is 3.76. The number of likely N-dealkylation sites (tertiary alicyclic amines) is 1. The summed E-state index contributed by atoms with van der Waals surface area (Å²) >= 11 is 1.42. The highest BCUT2D eigenvalue weighted by Crippen LogP contribution is 2.28. The van der Waals surface area contributed by atoms with Crippen LogP contribution < -0.4 is 4.90 Å². The fraction of sp³-hybridized carbons (Fsp3) is 0.588. The molecule has 0 spiro atoms. The van der Waals surface area contributed by atoms with Crippen molar-refractivity contribution in [3.05, 3.63) is 24.3 Å². The standard InChI is InChI=1S/C17H22FN5S/c18-15-5-4-13(12-19-15)16-20-17(24-21-16)23-10-6-14(7-11-23)22-8-2-1-3-9-22/h4-5,12,14H,1-3,6-11H2. The van der Waals surface area contributed by atoms with Gasteiger partial charge in [0.2, 0.25) is 11.1 Å². The van der Waals surface area contributed by atoms with E-state index in [-0.39, 0.29) is 0 Å². The number of hydrogen-bond acceptors (Lipinski definition) is 6. The van der Waals surface area contributed by atoms with Gasteiger partial charge in [-0.3, -0.25) is 0 Å². The van der Waals surface area contributed by atoms with Crippen LogP contribution in [0.15, 0.2) is 18.3 Å². The lowest BCUT2D eigenvalue weighted by Gasteiger charge is -2.40. The zero-order chi connectivity index (χ0) is 16.4. The number of nitrogens with zero attached hydrogens (tertiary/aromatic N) is 5. The molecule has 0 aliphatic carbocycles. The van der Waals surface area contributed by atoms with Crippen LogP contribution in [-0.4, -0.2) is 51.5 Å². The Morgan fingerprint density at radius 1 is 1.04 bits per heavy atom. The van der Waals surface area contributed by atoms with Crippen molar-refractivity contribution in [1.82, 2.24) is 19.2 Å². The molecule has 2 aromatic heterocycles. The molecule has 128 valence electrons. The van der Waals surface area contributed by atoms with Crippen molar-refractivity contribution < 1.29 is 4.39 Å². The van der Waals surface area contributed by atoms with Gasteiger partial charge in [-0.05, 0) is 50.9 Å². The van der Waals surface area contributed by atoms with Gasteiger partial charge in [-0.25, -0.2) is 4.98 Å². The maximum atomic E-state index is 12.9. The second-order valence-electron chi connectivity index (χ2n) is 6.59. The highest BCUT2D eigenvalue weighted by Gasteiger charge is 2.27. The molecule has 2 aliphatic rings. The zero-order valence-electron chi connectivity index (χ0n) is 13.7. The monoisotopic (exact) mass is 347 g/mol. The van der Waals surface area contributed by atoms with E-state index in [1.165, 1.54) is 69.0 Å². The number of halogens is 1. The molecule has 7 heteroatoms. The Labute approximate surface area is 145 Å². The molecule has 0 aromatic carbocycles.